The molecule has 1 saturated carbocycles. The minimum Gasteiger partial charge on any atom is -0.496 e. The number of hydrogen-bond acceptors (Lipinski definition) is 5. The summed E-state index contributed by atoms with van der Waals surface area (Å²) in [6.45, 7) is 2.31. The summed E-state index contributed by atoms with van der Waals surface area (Å²) in [7, 11) is -1.99. The van der Waals surface area contributed by atoms with E-state index in [-0.39, 0.29) is 35.5 Å². The molecule has 0 spiro atoms. The Morgan fingerprint density at radius 2 is 1.73 bits per heavy atom. The van der Waals surface area contributed by atoms with Crippen molar-refractivity contribution in [3.63, 3.8) is 0 Å². The first kappa shape index (κ1) is 24.9. The zero-order chi connectivity index (χ0) is 23.8. The fourth-order valence-electron chi connectivity index (χ4n) is 4.00. The van der Waals surface area contributed by atoms with Crippen LogP contribution in [0.3, 0.4) is 0 Å². The highest BCUT2D eigenvalue weighted by Crippen LogP contribution is 2.22. The first-order valence-electron chi connectivity index (χ1n) is 11.3. The lowest BCUT2D eigenvalue weighted by molar-refractivity contribution is -0.121. The van der Waals surface area contributed by atoms with Crippen LogP contribution in [0.15, 0.2) is 47.4 Å². The number of Topliss-reactive ketones (excluding diaryl/α,β-unsaturated/α-hetero) is 1. The van der Waals surface area contributed by atoms with E-state index in [4.69, 9.17) is 4.74 Å². The van der Waals surface area contributed by atoms with Crippen molar-refractivity contribution in [3.8, 4) is 5.75 Å². The Kier molecular flexibility index (Phi) is 8.63. The number of rotatable bonds is 11. The number of ether oxygens (including phenoxy) is 1. The van der Waals surface area contributed by atoms with Gasteiger partial charge in [0.05, 0.1) is 17.6 Å². The van der Waals surface area contributed by atoms with E-state index in [1.54, 1.807) is 36.4 Å². The molecule has 3 rings (SSSR count). The van der Waals surface area contributed by atoms with Gasteiger partial charge in [-0.05, 0) is 56.0 Å². The maximum Gasteiger partial charge on any atom is 0.240 e. The summed E-state index contributed by atoms with van der Waals surface area (Å²) in [6, 6.07) is 12.2. The van der Waals surface area contributed by atoms with Crippen molar-refractivity contribution in [3.05, 3.63) is 59.2 Å². The zero-order valence-electron chi connectivity index (χ0n) is 19.2. The number of carbonyl (C=O) groups is 2. The van der Waals surface area contributed by atoms with Crippen LogP contribution in [0.2, 0.25) is 0 Å². The minimum atomic E-state index is -3.50. The number of hydrogen-bond donors (Lipinski definition) is 2. The molecular formula is C25H32N2O5S. The maximum absolute atomic E-state index is 12.5. The van der Waals surface area contributed by atoms with Crippen LogP contribution in [-0.2, 0) is 21.2 Å². The number of ketones is 1. The molecule has 0 saturated heterocycles. The molecular weight excluding hydrogens is 440 g/mol. The van der Waals surface area contributed by atoms with Crippen LogP contribution in [0.4, 0.5) is 0 Å². The molecule has 0 unspecified atom stereocenters. The van der Waals surface area contributed by atoms with Gasteiger partial charge in [0.1, 0.15) is 5.75 Å². The van der Waals surface area contributed by atoms with E-state index < -0.39 is 10.0 Å². The third-order valence-corrected chi connectivity index (χ3v) is 7.42. The predicted molar refractivity (Wildman–Crippen MR) is 127 cm³/mol. The Bertz CT molecular complexity index is 1070. The average Bonchev–Trinajstić information content (AvgIpc) is 3.30. The van der Waals surface area contributed by atoms with E-state index in [9.17, 15) is 18.0 Å². The van der Waals surface area contributed by atoms with Gasteiger partial charge in [-0.2, -0.15) is 0 Å². The fraction of sp³-hybridized carbons (Fsp3) is 0.440. The molecule has 2 N–H and O–H groups in total. The Morgan fingerprint density at radius 3 is 2.39 bits per heavy atom. The Hall–Kier alpha value is -2.71. The molecule has 33 heavy (non-hydrogen) atoms. The van der Waals surface area contributed by atoms with Gasteiger partial charge >= 0.3 is 0 Å². The molecule has 1 aliphatic carbocycles. The van der Waals surface area contributed by atoms with Gasteiger partial charge in [-0.15, -0.1) is 0 Å². The SMILES string of the molecule is COc1ccc(C)cc1C(=O)CCC(=O)NCCc1ccc(S(=O)(=O)NC2CCCC2)cc1. The van der Waals surface area contributed by atoms with Crippen LogP contribution in [0.1, 0.15) is 60.0 Å². The maximum atomic E-state index is 12.5. The van der Waals surface area contributed by atoms with Crippen molar-refractivity contribution >= 4 is 21.7 Å². The van der Waals surface area contributed by atoms with E-state index in [2.05, 4.69) is 10.0 Å². The van der Waals surface area contributed by atoms with Crippen LogP contribution in [0.5, 0.6) is 5.75 Å². The van der Waals surface area contributed by atoms with Crippen molar-refractivity contribution in [1.29, 1.82) is 0 Å². The van der Waals surface area contributed by atoms with Gasteiger partial charge < -0.3 is 10.1 Å². The van der Waals surface area contributed by atoms with Crippen LogP contribution in [-0.4, -0.2) is 39.8 Å². The number of carbonyl (C=O) groups excluding carboxylic acids is 2. The quantitative estimate of drug-likeness (QED) is 0.487. The second-order valence-corrected chi connectivity index (χ2v) is 10.2. The molecule has 2 aromatic rings. The van der Waals surface area contributed by atoms with Gasteiger partial charge in [-0.1, -0.05) is 36.6 Å². The lowest BCUT2D eigenvalue weighted by atomic mass is 10.0. The molecule has 0 aromatic heterocycles. The van der Waals surface area contributed by atoms with Gasteiger partial charge in [-0.3, -0.25) is 9.59 Å². The first-order valence-corrected chi connectivity index (χ1v) is 12.8. The fourth-order valence-corrected chi connectivity index (χ4v) is 5.31. The average molecular weight is 473 g/mol. The van der Waals surface area contributed by atoms with Crippen LogP contribution < -0.4 is 14.8 Å². The summed E-state index contributed by atoms with van der Waals surface area (Å²) in [5.41, 5.74) is 2.37. The summed E-state index contributed by atoms with van der Waals surface area (Å²) in [5, 5.41) is 2.82. The van der Waals surface area contributed by atoms with Crippen molar-refractivity contribution in [2.45, 2.75) is 62.8 Å². The van der Waals surface area contributed by atoms with Crippen molar-refractivity contribution in [2.24, 2.45) is 0 Å². The smallest absolute Gasteiger partial charge is 0.240 e. The molecule has 2 aromatic carbocycles. The van der Waals surface area contributed by atoms with E-state index in [0.29, 0.717) is 24.3 Å². The number of methoxy groups -OCH3 is 1. The van der Waals surface area contributed by atoms with Crippen molar-refractivity contribution < 1.29 is 22.7 Å². The molecule has 1 fully saturated rings. The summed E-state index contributed by atoms with van der Waals surface area (Å²) in [5.74, 6) is 0.179. The lowest BCUT2D eigenvalue weighted by Crippen LogP contribution is -2.32. The summed E-state index contributed by atoms with van der Waals surface area (Å²) >= 11 is 0. The topological polar surface area (TPSA) is 102 Å². The van der Waals surface area contributed by atoms with Crippen molar-refractivity contribution in [1.82, 2.24) is 10.0 Å². The van der Waals surface area contributed by atoms with E-state index in [0.717, 1.165) is 36.8 Å². The van der Waals surface area contributed by atoms with E-state index in [1.807, 2.05) is 13.0 Å². The summed E-state index contributed by atoms with van der Waals surface area (Å²) in [6.07, 6.45) is 4.68. The number of aryl methyl sites for hydroxylation is 1. The highest BCUT2D eigenvalue weighted by atomic mass is 32.2. The van der Waals surface area contributed by atoms with E-state index >= 15 is 0 Å². The molecule has 178 valence electrons. The van der Waals surface area contributed by atoms with Crippen LogP contribution >= 0.6 is 0 Å². The molecule has 1 amide bonds. The lowest BCUT2D eigenvalue weighted by Gasteiger charge is -2.13. The second-order valence-electron chi connectivity index (χ2n) is 8.47. The highest BCUT2D eigenvalue weighted by Gasteiger charge is 2.22. The molecule has 7 nitrogen and oxygen atoms in total. The minimum absolute atomic E-state index is 0.0313. The zero-order valence-corrected chi connectivity index (χ0v) is 20.0. The number of amides is 1. The Labute approximate surface area is 196 Å². The van der Waals surface area contributed by atoms with Gasteiger partial charge in [0.2, 0.25) is 15.9 Å². The predicted octanol–water partition coefficient (Wildman–Crippen LogP) is 3.55. The number of benzene rings is 2. The highest BCUT2D eigenvalue weighted by molar-refractivity contribution is 7.89. The molecule has 1 aliphatic rings. The summed E-state index contributed by atoms with van der Waals surface area (Å²) < 4.78 is 33.0. The molecule has 0 bridgehead atoms. The van der Waals surface area contributed by atoms with Crippen molar-refractivity contribution in [2.75, 3.05) is 13.7 Å². The van der Waals surface area contributed by atoms with Crippen LogP contribution in [0.25, 0.3) is 0 Å². The second kappa shape index (κ2) is 11.4. The number of nitrogens with one attached hydrogen (secondary N) is 2. The van der Waals surface area contributed by atoms with Gasteiger partial charge in [0.25, 0.3) is 0 Å². The van der Waals surface area contributed by atoms with Gasteiger partial charge in [0.15, 0.2) is 5.78 Å². The third kappa shape index (κ3) is 7.14. The van der Waals surface area contributed by atoms with E-state index in [1.165, 1.54) is 7.11 Å². The van der Waals surface area contributed by atoms with Crippen LogP contribution in [0, 0.1) is 6.92 Å². The molecule has 0 heterocycles. The first-order chi connectivity index (χ1) is 15.8. The number of sulfonamides is 1. The van der Waals surface area contributed by atoms with Gasteiger partial charge in [0, 0.05) is 25.4 Å². The standard InChI is InChI=1S/C25H32N2O5S/c1-18-7-13-24(32-2)22(17-18)23(28)12-14-25(29)26-16-15-19-8-10-21(11-9-19)33(30,31)27-20-5-3-4-6-20/h7-11,13,17,20,27H,3-6,12,14-16H2,1-2H3,(H,26,29). The largest absolute Gasteiger partial charge is 0.496 e. The molecule has 0 radical (unpaired) electrons. The molecule has 8 heteroatoms. The molecule has 0 atom stereocenters. The monoisotopic (exact) mass is 472 g/mol. The normalized spacial score (nSPS) is 14.2. The molecule has 0 aliphatic heterocycles. The Balaban J connectivity index is 1.43. The summed E-state index contributed by atoms with van der Waals surface area (Å²) in [4.78, 5) is 24.9. The Morgan fingerprint density at radius 1 is 1.03 bits per heavy atom. The third-order valence-electron chi connectivity index (χ3n) is 5.88. The van der Waals surface area contributed by atoms with Gasteiger partial charge in [-0.25, -0.2) is 13.1 Å².